The zero-order valence-corrected chi connectivity index (χ0v) is 14.2. The van der Waals surface area contributed by atoms with Gasteiger partial charge in [-0.15, -0.1) is 0 Å². The van der Waals surface area contributed by atoms with Crippen molar-refractivity contribution in [2.45, 2.75) is 20.0 Å². The molecule has 0 unspecified atom stereocenters. The Balaban J connectivity index is 1.99. The second-order valence-electron chi connectivity index (χ2n) is 5.34. The van der Waals surface area contributed by atoms with Crippen LogP contribution in [-0.2, 0) is 27.8 Å². The van der Waals surface area contributed by atoms with Crippen molar-refractivity contribution in [1.29, 1.82) is 0 Å². The van der Waals surface area contributed by atoms with Gasteiger partial charge in [0.25, 0.3) is 0 Å². The Morgan fingerprint density at radius 3 is 1.78 bits per heavy atom. The van der Waals surface area contributed by atoms with Gasteiger partial charge in [0.05, 0.1) is 12.4 Å². The number of sulfone groups is 1. The van der Waals surface area contributed by atoms with E-state index in [0.29, 0.717) is 13.1 Å². The van der Waals surface area contributed by atoms with Crippen LogP contribution in [0.25, 0.3) is 0 Å². The second kappa shape index (κ2) is 8.82. The molecule has 0 aliphatic rings. The van der Waals surface area contributed by atoms with Crippen LogP contribution in [0.1, 0.15) is 18.1 Å². The van der Waals surface area contributed by atoms with Gasteiger partial charge >= 0.3 is 0 Å². The Morgan fingerprint density at radius 1 is 0.870 bits per heavy atom. The number of hydroxylamine groups is 2. The minimum absolute atomic E-state index is 0.0452. The molecule has 0 aromatic heterocycles. The first-order valence-electron chi connectivity index (χ1n) is 7.75. The normalized spacial score (nSPS) is 11.7. The van der Waals surface area contributed by atoms with E-state index >= 15 is 0 Å². The third-order valence-corrected chi connectivity index (χ3v) is 5.18. The molecule has 5 heteroatoms. The van der Waals surface area contributed by atoms with E-state index in [4.69, 9.17) is 4.84 Å². The third kappa shape index (κ3) is 6.52. The first-order chi connectivity index (χ1) is 11.1. The number of hydrogen-bond donors (Lipinski definition) is 0. The lowest BCUT2D eigenvalue weighted by Crippen LogP contribution is -2.26. The molecule has 0 aliphatic carbocycles. The molecule has 0 saturated carbocycles. The zero-order chi connectivity index (χ0) is 16.5. The predicted octanol–water partition coefficient (Wildman–Crippen LogP) is 3.06. The minimum Gasteiger partial charge on any atom is -0.297 e. The number of nitrogens with zero attached hydrogens (tertiary/aromatic N) is 1. The van der Waals surface area contributed by atoms with Gasteiger partial charge in [-0.25, -0.2) is 8.42 Å². The number of rotatable bonds is 9. The van der Waals surface area contributed by atoms with Gasteiger partial charge in [0.1, 0.15) is 0 Å². The van der Waals surface area contributed by atoms with E-state index in [-0.39, 0.29) is 18.1 Å². The van der Waals surface area contributed by atoms with Gasteiger partial charge in [-0.2, -0.15) is 5.06 Å². The molecule has 0 bridgehead atoms. The lowest BCUT2D eigenvalue weighted by Gasteiger charge is -2.22. The van der Waals surface area contributed by atoms with Gasteiger partial charge in [0.2, 0.25) is 0 Å². The first kappa shape index (κ1) is 17.7. The molecule has 0 atom stereocenters. The maximum absolute atomic E-state index is 11.6. The van der Waals surface area contributed by atoms with Crippen molar-refractivity contribution in [1.82, 2.24) is 5.06 Å². The van der Waals surface area contributed by atoms with E-state index < -0.39 is 9.84 Å². The molecule has 0 amide bonds. The molecule has 2 aromatic carbocycles. The summed E-state index contributed by atoms with van der Waals surface area (Å²) in [6.45, 7) is 3.06. The average molecular weight is 333 g/mol. The maximum Gasteiger partial charge on any atom is 0.152 e. The average Bonchev–Trinajstić information content (AvgIpc) is 2.56. The van der Waals surface area contributed by atoms with Crippen LogP contribution < -0.4 is 0 Å². The summed E-state index contributed by atoms with van der Waals surface area (Å²) in [5.74, 6) is 0.192. The molecule has 0 N–H and O–H groups in total. The van der Waals surface area contributed by atoms with Crippen LogP contribution in [0.5, 0.6) is 0 Å². The van der Waals surface area contributed by atoms with Gasteiger partial charge in [-0.1, -0.05) is 67.6 Å². The topological polar surface area (TPSA) is 46.6 Å². The standard InChI is InChI=1S/C18H23NO3S/c1-2-23(20,21)14-13-22-19(15-17-9-5-3-6-10-17)16-18-11-7-4-8-12-18/h3-12H,2,13-16H2,1H3. The quantitative estimate of drug-likeness (QED) is 0.662. The fraction of sp³-hybridized carbons (Fsp3) is 0.333. The lowest BCUT2D eigenvalue weighted by atomic mass is 10.2. The minimum atomic E-state index is -3.01. The van der Waals surface area contributed by atoms with E-state index in [9.17, 15) is 8.42 Å². The van der Waals surface area contributed by atoms with Gasteiger partial charge in [-0.3, -0.25) is 4.84 Å². The molecular formula is C18H23NO3S. The molecule has 0 saturated heterocycles. The fourth-order valence-electron chi connectivity index (χ4n) is 2.16. The van der Waals surface area contributed by atoms with Gasteiger partial charge in [-0.05, 0) is 11.1 Å². The first-order valence-corrected chi connectivity index (χ1v) is 9.57. The number of hydrogen-bond acceptors (Lipinski definition) is 4. The third-order valence-electron chi connectivity index (χ3n) is 3.51. The number of benzene rings is 2. The van der Waals surface area contributed by atoms with Crippen molar-refractivity contribution < 1.29 is 13.3 Å². The van der Waals surface area contributed by atoms with E-state index in [0.717, 1.165) is 11.1 Å². The van der Waals surface area contributed by atoms with Gasteiger partial charge in [0, 0.05) is 18.8 Å². The highest BCUT2D eigenvalue weighted by molar-refractivity contribution is 7.91. The Bertz CT molecular complexity index is 630. The summed E-state index contributed by atoms with van der Waals surface area (Å²) in [7, 11) is -3.01. The van der Waals surface area contributed by atoms with E-state index in [1.165, 1.54) is 0 Å². The summed E-state index contributed by atoms with van der Waals surface area (Å²) < 4.78 is 23.2. The maximum atomic E-state index is 11.6. The lowest BCUT2D eigenvalue weighted by molar-refractivity contribution is -0.168. The van der Waals surface area contributed by atoms with Crippen molar-refractivity contribution in [3.05, 3.63) is 71.8 Å². The largest absolute Gasteiger partial charge is 0.297 e. The van der Waals surface area contributed by atoms with E-state index in [2.05, 4.69) is 0 Å². The Kier molecular flexibility index (Phi) is 6.77. The zero-order valence-electron chi connectivity index (χ0n) is 13.4. The Morgan fingerprint density at radius 2 is 1.35 bits per heavy atom. The fourth-order valence-corrected chi connectivity index (χ4v) is 2.78. The summed E-state index contributed by atoms with van der Waals surface area (Å²) in [5.41, 5.74) is 2.25. The van der Waals surface area contributed by atoms with Crippen molar-refractivity contribution in [2.24, 2.45) is 0 Å². The molecule has 0 heterocycles. The SMILES string of the molecule is CCS(=O)(=O)CCON(Cc1ccccc1)Cc1ccccc1. The van der Waals surface area contributed by atoms with Crippen molar-refractivity contribution in [2.75, 3.05) is 18.1 Å². The molecule has 4 nitrogen and oxygen atoms in total. The highest BCUT2D eigenvalue weighted by Crippen LogP contribution is 2.10. The Labute approximate surface area is 138 Å². The van der Waals surface area contributed by atoms with Gasteiger partial charge < -0.3 is 0 Å². The summed E-state index contributed by atoms with van der Waals surface area (Å²) in [4.78, 5) is 5.74. The Hall–Kier alpha value is -1.69. The van der Waals surface area contributed by atoms with Crippen LogP contribution in [0.3, 0.4) is 0 Å². The molecule has 0 radical (unpaired) electrons. The summed E-state index contributed by atoms with van der Waals surface area (Å²) in [6, 6.07) is 20.0. The second-order valence-corrected chi connectivity index (χ2v) is 7.81. The molecule has 0 fully saturated rings. The smallest absolute Gasteiger partial charge is 0.152 e. The van der Waals surface area contributed by atoms with Crippen LogP contribution in [0.15, 0.2) is 60.7 Å². The summed E-state index contributed by atoms with van der Waals surface area (Å²) in [6.07, 6.45) is 0. The van der Waals surface area contributed by atoms with Crippen molar-refractivity contribution >= 4 is 9.84 Å². The molecule has 124 valence electrons. The highest BCUT2D eigenvalue weighted by atomic mass is 32.2. The van der Waals surface area contributed by atoms with Crippen LogP contribution in [0, 0.1) is 0 Å². The molecular weight excluding hydrogens is 310 g/mol. The molecule has 2 rings (SSSR count). The molecule has 2 aromatic rings. The molecule has 23 heavy (non-hydrogen) atoms. The predicted molar refractivity (Wildman–Crippen MR) is 92.4 cm³/mol. The summed E-state index contributed by atoms with van der Waals surface area (Å²) >= 11 is 0. The van der Waals surface area contributed by atoms with Crippen molar-refractivity contribution in [3.8, 4) is 0 Å². The van der Waals surface area contributed by atoms with Crippen LogP contribution in [0.2, 0.25) is 0 Å². The van der Waals surface area contributed by atoms with Gasteiger partial charge in [0.15, 0.2) is 9.84 Å². The molecule has 0 spiro atoms. The highest BCUT2D eigenvalue weighted by Gasteiger charge is 2.11. The van der Waals surface area contributed by atoms with Crippen LogP contribution in [0.4, 0.5) is 0 Å². The van der Waals surface area contributed by atoms with Crippen LogP contribution in [-0.4, -0.2) is 31.6 Å². The monoisotopic (exact) mass is 333 g/mol. The van der Waals surface area contributed by atoms with E-state index in [1.807, 2.05) is 65.7 Å². The van der Waals surface area contributed by atoms with Crippen molar-refractivity contribution in [3.63, 3.8) is 0 Å². The van der Waals surface area contributed by atoms with Crippen LogP contribution >= 0.6 is 0 Å². The molecule has 0 aliphatic heterocycles. The van der Waals surface area contributed by atoms with E-state index in [1.54, 1.807) is 6.92 Å². The summed E-state index contributed by atoms with van der Waals surface area (Å²) in [5, 5.41) is 1.82.